The average Bonchev–Trinajstić information content (AvgIpc) is 3.46. The number of pyridine rings is 1. The van der Waals surface area contributed by atoms with E-state index < -0.39 is 28.6 Å². The maximum absolute atomic E-state index is 15.2. The second-order valence-electron chi connectivity index (χ2n) is 9.47. The van der Waals surface area contributed by atoms with Gasteiger partial charge in [0.05, 0.1) is 26.2 Å². The molecule has 7 nitrogen and oxygen atoms in total. The maximum Gasteiger partial charge on any atom is 0.237 e. The fourth-order valence-corrected chi connectivity index (χ4v) is 5.27. The molecule has 0 bridgehead atoms. The van der Waals surface area contributed by atoms with Gasteiger partial charge in [0.25, 0.3) is 0 Å². The SMILES string of the molecule is COc1cc(OC)c(F)c(N2Cc3cnc4[nH]c(CN5CCCC5)cc4c3C(C)(C)C2=O)c1F. The minimum absolute atomic E-state index is 0.0165. The number of ether oxygens (including phenoxy) is 2. The Morgan fingerprint density at radius 3 is 2.35 bits per heavy atom. The van der Waals surface area contributed by atoms with Crippen LogP contribution in [-0.4, -0.2) is 48.1 Å². The molecule has 34 heavy (non-hydrogen) atoms. The van der Waals surface area contributed by atoms with Gasteiger partial charge in [-0.25, -0.2) is 13.8 Å². The molecule has 0 aliphatic carbocycles. The molecule has 0 atom stereocenters. The van der Waals surface area contributed by atoms with E-state index >= 15 is 8.78 Å². The standard InChI is InChI=1S/C25H28F2N4O3/c1-25(2)19-14(11-28-23-16(19)9-15(29-23)13-30-7-5-6-8-30)12-31(24(25)32)22-20(26)17(33-3)10-18(34-4)21(22)27/h9-11H,5-8,12-13H2,1-4H3,(H,28,29). The second kappa shape index (κ2) is 8.23. The molecule has 2 aliphatic heterocycles. The summed E-state index contributed by atoms with van der Waals surface area (Å²) in [6.45, 7) is 6.48. The van der Waals surface area contributed by atoms with Crippen molar-refractivity contribution in [3.8, 4) is 11.5 Å². The number of hydrogen-bond acceptors (Lipinski definition) is 5. The molecule has 4 heterocycles. The largest absolute Gasteiger partial charge is 0.493 e. The zero-order valence-electron chi connectivity index (χ0n) is 19.8. The van der Waals surface area contributed by atoms with Crippen LogP contribution in [0.15, 0.2) is 18.3 Å². The first-order valence-electron chi connectivity index (χ1n) is 11.4. The predicted molar refractivity (Wildman–Crippen MR) is 124 cm³/mol. The number of anilines is 1. The number of carbonyl (C=O) groups excluding carboxylic acids is 1. The zero-order chi connectivity index (χ0) is 24.2. The number of aromatic amines is 1. The summed E-state index contributed by atoms with van der Waals surface area (Å²) in [6, 6.07) is 3.19. The quantitative estimate of drug-likeness (QED) is 0.603. The van der Waals surface area contributed by atoms with Crippen LogP contribution in [0.3, 0.4) is 0 Å². The van der Waals surface area contributed by atoms with E-state index in [9.17, 15) is 4.79 Å². The van der Waals surface area contributed by atoms with Gasteiger partial charge in [-0.1, -0.05) is 0 Å². The molecule has 1 N–H and O–H groups in total. The van der Waals surface area contributed by atoms with Crippen LogP contribution in [0, 0.1) is 11.6 Å². The molecule has 0 unspecified atom stereocenters. The third-order valence-electron chi connectivity index (χ3n) is 6.94. The predicted octanol–water partition coefficient (Wildman–Crippen LogP) is 4.28. The Morgan fingerprint density at radius 2 is 1.74 bits per heavy atom. The molecule has 1 saturated heterocycles. The van der Waals surface area contributed by atoms with Crippen LogP contribution < -0.4 is 14.4 Å². The number of rotatable bonds is 5. The van der Waals surface area contributed by atoms with Crippen LogP contribution in [0.25, 0.3) is 11.0 Å². The third kappa shape index (κ3) is 3.41. The van der Waals surface area contributed by atoms with Gasteiger partial charge >= 0.3 is 0 Å². The van der Waals surface area contributed by atoms with Crippen molar-refractivity contribution in [1.82, 2.24) is 14.9 Å². The van der Waals surface area contributed by atoms with Gasteiger partial charge in [0.15, 0.2) is 23.1 Å². The molecule has 3 aromatic rings. The van der Waals surface area contributed by atoms with Crippen LogP contribution in [0.1, 0.15) is 43.5 Å². The van der Waals surface area contributed by atoms with Gasteiger partial charge in [-0.3, -0.25) is 9.69 Å². The first-order chi connectivity index (χ1) is 16.3. The van der Waals surface area contributed by atoms with Gasteiger partial charge in [-0.15, -0.1) is 0 Å². The summed E-state index contributed by atoms with van der Waals surface area (Å²) in [5.74, 6) is -2.71. The molecule has 1 amide bonds. The number of benzene rings is 1. The number of nitrogens with zero attached hydrogens (tertiary/aromatic N) is 3. The van der Waals surface area contributed by atoms with Crippen LogP contribution in [-0.2, 0) is 23.3 Å². The molecule has 5 rings (SSSR count). The van der Waals surface area contributed by atoms with E-state index in [4.69, 9.17) is 9.47 Å². The van der Waals surface area contributed by atoms with E-state index in [0.717, 1.165) is 52.8 Å². The Labute approximate surface area is 196 Å². The van der Waals surface area contributed by atoms with Gasteiger partial charge in [0.1, 0.15) is 11.3 Å². The molecule has 180 valence electrons. The van der Waals surface area contributed by atoms with Gasteiger partial charge < -0.3 is 19.4 Å². The number of fused-ring (bicyclic) bond motifs is 3. The summed E-state index contributed by atoms with van der Waals surface area (Å²) in [5, 5.41) is 0.869. The summed E-state index contributed by atoms with van der Waals surface area (Å²) in [6.07, 6.45) is 4.09. The lowest BCUT2D eigenvalue weighted by atomic mass is 9.76. The van der Waals surface area contributed by atoms with Crippen LogP contribution in [0.2, 0.25) is 0 Å². The van der Waals surface area contributed by atoms with Crippen molar-refractivity contribution < 1.29 is 23.0 Å². The van der Waals surface area contributed by atoms with Crippen molar-refractivity contribution in [2.45, 2.75) is 45.2 Å². The van der Waals surface area contributed by atoms with E-state index in [0.29, 0.717) is 5.65 Å². The van der Waals surface area contributed by atoms with E-state index in [-0.39, 0.29) is 18.0 Å². The molecule has 0 spiro atoms. The molecule has 9 heteroatoms. The Balaban J connectivity index is 1.61. The monoisotopic (exact) mass is 470 g/mol. The zero-order valence-corrected chi connectivity index (χ0v) is 19.8. The number of likely N-dealkylation sites (tertiary alicyclic amines) is 1. The van der Waals surface area contributed by atoms with Crippen molar-refractivity contribution in [1.29, 1.82) is 0 Å². The lowest BCUT2D eigenvalue weighted by molar-refractivity contribution is -0.123. The van der Waals surface area contributed by atoms with Crippen molar-refractivity contribution in [2.24, 2.45) is 0 Å². The number of methoxy groups -OCH3 is 2. The lowest BCUT2D eigenvalue weighted by Crippen LogP contribution is -2.48. The first kappa shape index (κ1) is 22.6. The van der Waals surface area contributed by atoms with Gasteiger partial charge in [0.2, 0.25) is 5.91 Å². The topological polar surface area (TPSA) is 70.7 Å². The Morgan fingerprint density at radius 1 is 1.09 bits per heavy atom. The normalized spacial score (nSPS) is 17.9. The number of nitrogens with one attached hydrogen (secondary N) is 1. The van der Waals surface area contributed by atoms with E-state index in [1.165, 1.54) is 27.1 Å². The molecule has 0 saturated carbocycles. The molecular weight excluding hydrogens is 442 g/mol. The van der Waals surface area contributed by atoms with Crippen molar-refractivity contribution in [3.63, 3.8) is 0 Å². The molecule has 1 aromatic carbocycles. The summed E-state index contributed by atoms with van der Waals surface area (Å²) in [4.78, 5) is 25.2. The number of halogens is 2. The highest BCUT2D eigenvalue weighted by Crippen LogP contribution is 2.44. The summed E-state index contributed by atoms with van der Waals surface area (Å²) in [7, 11) is 2.56. The summed E-state index contributed by atoms with van der Waals surface area (Å²) < 4.78 is 40.6. The van der Waals surface area contributed by atoms with Crippen molar-refractivity contribution in [2.75, 3.05) is 32.2 Å². The fraction of sp³-hybridized carbons (Fsp3) is 0.440. The fourth-order valence-electron chi connectivity index (χ4n) is 5.27. The Kier molecular flexibility index (Phi) is 5.47. The minimum Gasteiger partial charge on any atom is -0.493 e. The molecule has 2 aliphatic rings. The average molecular weight is 471 g/mol. The van der Waals surface area contributed by atoms with E-state index in [1.807, 2.05) is 0 Å². The number of H-pyrrole nitrogens is 1. The number of carbonyl (C=O) groups is 1. The minimum atomic E-state index is -1.04. The highest BCUT2D eigenvalue weighted by Gasteiger charge is 2.44. The highest BCUT2D eigenvalue weighted by atomic mass is 19.1. The number of aromatic nitrogens is 2. The van der Waals surface area contributed by atoms with E-state index in [1.54, 1.807) is 20.0 Å². The smallest absolute Gasteiger partial charge is 0.237 e. The highest BCUT2D eigenvalue weighted by molar-refractivity contribution is 6.05. The Hall–Kier alpha value is -3.20. The van der Waals surface area contributed by atoms with Crippen molar-refractivity contribution in [3.05, 3.63) is 46.8 Å². The lowest BCUT2D eigenvalue weighted by Gasteiger charge is -2.39. The molecular formula is C25H28F2N4O3. The van der Waals surface area contributed by atoms with E-state index in [2.05, 4.69) is 20.9 Å². The summed E-state index contributed by atoms with van der Waals surface area (Å²) >= 11 is 0. The number of amides is 1. The van der Waals surface area contributed by atoms with Gasteiger partial charge in [-0.05, 0) is 57.0 Å². The third-order valence-corrected chi connectivity index (χ3v) is 6.94. The molecule has 0 radical (unpaired) electrons. The second-order valence-corrected chi connectivity index (χ2v) is 9.47. The van der Waals surface area contributed by atoms with Gasteiger partial charge in [-0.2, -0.15) is 0 Å². The van der Waals surface area contributed by atoms with Crippen LogP contribution >= 0.6 is 0 Å². The van der Waals surface area contributed by atoms with Crippen molar-refractivity contribution >= 4 is 22.6 Å². The van der Waals surface area contributed by atoms with Crippen LogP contribution in [0.4, 0.5) is 14.5 Å². The maximum atomic E-state index is 15.2. The van der Waals surface area contributed by atoms with Crippen LogP contribution in [0.5, 0.6) is 11.5 Å². The molecule has 1 fully saturated rings. The molecule has 2 aromatic heterocycles. The van der Waals surface area contributed by atoms with Gasteiger partial charge in [0, 0.05) is 29.9 Å². The number of hydrogen-bond donors (Lipinski definition) is 1. The Bertz CT molecular complexity index is 1250. The first-order valence-corrected chi connectivity index (χ1v) is 11.4. The summed E-state index contributed by atoms with van der Waals surface area (Å²) in [5.41, 5.74) is 1.80.